The Kier molecular flexibility index (Phi) is 5.33. The first-order valence-electron chi connectivity index (χ1n) is 12.7. The zero-order chi connectivity index (χ0) is 25.2. The molecule has 1 aliphatic carbocycles. The average molecular weight is 505 g/mol. The summed E-state index contributed by atoms with van der Waals surface area (Å²) in [5.74, 6) is 0.551. The van der Waals surface area contributed by atoms with Gasteiger partial charge >= 0.3 is 6.09 Å². The lowest BCUT2D eigenvalue weighted by Gasteiger charge is -2.40. The molecule has 1 spiro atoms. The number of imidazole rings is 1. The highest BCUT2D eigenvalue weighted by atomic mass is 32.1. The van der Waals surface area contributed by atoms with Crippen LogP contribution in [0.25, 0.3) is 27.4 Å². The first-order valence-corrected chi connectivity index (χ1v) is 13.5. The lowest BCUT2D eigenvalue weighted by atomic mass is 9.86. The fourth-order valence-electron chi connectivity index (χ4n) is 5.43. The number of carbonyl (C=O) groups is 1. The Morgan fingerprint density at radius 3 is 2.75 bits per heavy atom. The van der Waals surface area contributed by atoms with Crippen molar-refractivity contribution >= 4 is 33.4 Å². The lowest BCUT2D eigenvalue weighted by Crippen LogP contribution is -2.50. The van der Waals surface area contributed by atoms with E-state index in [1.165, 1.54) is 4.88 Å². The summed E-state index contributed by atoms with van der Waals surface area (Å²) in [7, 11) is 0. The molecule has 0 bridgehead atoms. The summed E-state index contributed by atoms with van der Waals surface area (Å²) in [6, 6.07) is 4.21. The van der Waals surface area contributed by atoms with Crippen molar-refractivity contribution in [1.29, 1.82) is 0 Å². The zero-order valence-corrected chi connectivity index (χ0v) is 22.4. The minimum Gasteiger partial charge on any atom is -0.444 e. The van der Waals surface area contributed by atoms with E-state index in [0.717, 1.165) is 77.3 Å². The van der Waals surface area contributed by atoms with Crippen LogP contribution >= 0.6 is 11.3 Å². The molecule has 36 heavy (non-hydrogen) atoms. The molecule has 9 heteroatoms. The van der Waals surface area contributed by atoms with Gasteiger partial charge in [0.1, 0.15) is 27.3 Å². The van der Waals surface area contributed by atoms with Gasteiger partial charge in [0, 0.05) is 17.0 Å². The second-order valence-electron chi connectivity index (χ2n) is 11.4. The van der Waals surface area contributed by atoms with Gasteiger partial charge in [-0.05, 0) is 90.3 Å². The Morgan fingerprint density at radius 1 is 1.19 bits per heavy atom. The van der Waals surface area contributed by atoms with E-state index in [9.17, 15) is 4.79 Å². The summed E-state index contributed by atoms with van der Waals surface area (Å²) in [4.78, 5) is 31.2. The van der Waals surface area contributed by atoms with Crippen LogP contribution < -0.4 is 0 Å². The van der Waals surface area contributed by atoms with E-state index in [0.29, 0.717) is 5.92 Å². The molecule has 1 saturated carbocycles. The van der Waals surface area contributed by atoms with Crippen LogP contribution in [0.4, 0.5) is 4.79 Å². The van der Waals surface area contributed by atoms with Gasteiger partial charge in [-0.25, -0.2) is 19.3 Å². The van der Waals surface area contributed by atoms with E-state index in [-0.39, 0.29) is 11.6 Å². The summed E-state index contributed by atoms with van der Waals surface area (Å²) in [5, 5.41) is 4.71. The molecule has 0 aromatic carbocycles. The van der Waals surface area contributed by atoms with Crippen LogP contribution in [0, 0.1) is 19.8 Å². The fraction of sp³-hybridized carbons (Fsp3) is 0.519. The molecular weight excluding hydrogens is 472 g/mol. The molecule has 4 aromatic rings. The Labute approximate surface area is 214 Å². The third-order valence-corrected chi connectivity index (χ3v) is 8.26. The van der Waals surface area contributed by atoms with Gasteiger partial charge in [-0.3, -0.25) is 4.98 Å². The minimum atomic E-state index is -0.461. The molecule has 8 nitrogen and oxygen atoms in total. The van der Waals surface area contributed by atoms with Crippen LogP contribution in [0.2, 0.25) is 0 Å². The number of thiophene rings is 1. The van der Waals surface area contributed by atoms with Crippen LogP contribution in [0.3, 0.4) is 0 Å². The van der Waals surface area contributed by atoms with Crippen molar-refractivity contribution in [2.24, 2.45) is 5.92 Å². The second-order valence-corrected chi connectivity index (χ2v) is 12.6. The first kappa shape index (κ1) is 23.3. The molecule has 5 heterocycles. The number of hydrogen-bond donors (Lipinski definition) is 0. The molecule has 4 aromatic heterocycles. The Bertz CT molecular complexity index is 1480. The maximum absolute atomic E-state index is 12.8. The summed E-state index contributed by atoms with van der Waals surface area (Å²) in [6.45, 7) is 10.6. The van der Waals surface area contributed by atoms with Crippen molar-refractivity contribution in [3.05, 3.63) is 40.7 Å². The predicted octanol–water partition coefficient (Wildman–Crippen LogP) is 5.74. The van der Waals surface area contributed by atoms with Crippen LogP contribution in [-0.4, -0.2) is 53.2 Å². The van der Waals surface area contributed by atoms with Crippen molar-refractivity contribution in [3.63, 3.8) is 0 Å². The van der Waals surface area contributed by atoms with Gasteiger partial charge in [0.25, 0.3) is 0 Å². The van der Waals surface area contributed by atoms with Crippen molar-refractivity contribution < 1.29 is 9.53 Å². The van der Waals surface area contributed by atoms with Gasteiger partial charge < -0.3 is 9.64 Å². The molecule has 188 valence electrons. The molecular formula is C27H32N6O2S. The fourth-order valence-corrected chi connectivity index (χ4v) is 6.53. The summed E-state index contributed by atoms with van der Waals surface area (Å²) < 4.78 is 7.51. The number of likely N-dealkylation sites (tertiary alicyclic amines) is 1. The molecule has 6 rings (SSSR count). The monoisotopic (exact) mass is 504 g/mol. The van der Waals surface area contributed by atoms with Gasteiger partial charge in [-0.15, -0.1) is 11.3 Å². The smallest absolute Gasteiger partial charge is 0.410 e. The van der Waals surface area contributed by atoms with Crippen molar-refractivity contribution in [2.45, 2.75) is 77.9 Å². The van der Waals surface area contributed by atoms with Crippen molar-refractivity contribution in [2.75, 3.05) is 6.54 Å². The molecule has 1 unspecified atom stereocenters. The number of nitrogens with zero attached hydrogens (tertiary/aromatic N) is 6. The number of amides is 1. The number of carbonyl (C=O) groups excluding carboxylic acids is 1. The normalized spacial score (nSPS) is 19.4. The topological polar surface area (TPSA) is 85.5 Å². The van der Waals surface area contributed by atoms with Gasteiger partial charge in [-0.1, -0.05) is 0 Å². The number of fused-ring (bicyclic) bond motifs is 2. The lowest BCUT2D eigenvalue weighted by molar-refractivity contribution is -0.000149. The highest BCUT2D eigenvalue weighted by molar-refractivity contribution is 7.18. The van der Waals surface area contributed by atoms with E-state index in [1.807, 2.05) is 62.5 Å². The van der Waals surface area contributed by atoms with Crippen LogP contribution in [0.15, 0.2) is 24.5 Å². The van der Waals surface area contributed by atoms with Crippen LogP contribution in [0.1, 0.15) is 62.6 Å². The number of aromatic nitrogens is 5. The summed E-state index contributed by atoms with van der Waals surface area (Å²) >= 11 is 1.72. The number of ether oxygens (including phenoxy) is 1. The maximum atomic E-state index is 12.8. The number of rotatable bonds is 3. The molecule has 1 amide bonds. The van der Waals surface area contributed by atoms with E-state index in [2.05, 4.69) is 11.1 Å². The average Bonchev–Trinajstić information content (AvgIpc) is 3.24. The highest BCUT2D eigenvalue weighted by Crippen LogP contribution is 2.51. The molecule has 1 aliphatic heterocycles. The van der Waals surface area contributed by atoms with E-state index < -0.39 is 5.60 Å². The highest BCUT2D eigenvalue weighted by Gasteiger charge is 2.54. The molecule has 2 aliphatic rings. The SMILES string of the molecule is Cc1cn2nc(-c3cnc4cc(CC5CCN(C(=O)OC(C)(C)C)C6(CC6)C5)sc4n3)cc(C)c2n1. The van der Waals surface area contributed by atoms with Gasteiger partial charge in [-0.2, -0.15) is 5.10 Å². The Hall–Kier alpha value is -3.07. The number of hydrogen-bond acceptors (Lipinski definition) is 7. The summed E-state index contributed by atoms with van der Waals surface area (Å²) in [6.07, 6.45) is 8.78. The van der Waals surface area contributed by atoms with Crippen LogP contribution in [-0.2, 0) is 11.2 Å². The van der Waals surface area contributed by atoms with Crippen molar-refractivity contribution in [3.8, 4) is 11.4 Å². The Morgan fingerprint density at radius 2 is 2.00 bits per heavy atom. The minimum absolute atomic E-state index is 0.000543. The van der Waals surface area contributed by atoms with Crippen LogP contribution in [0.5, 0.6) is 0 Å². The second kappa shape index (κ2) is 8.23. The predicted molar refractivity (Wildman–Crippen MR) is 140 cm³/mol. The molecule has 0 radical (unpaired) electrons. The van der Waals surface area contributed by atoms with E-state index in [4.69, 9.17) is 19.8 Å². The van der Waals surface area contributed by atoms with Gasteiger partial charge in [0.05, 0.1) is 18.1 Å². The van der Waals surface area contributed by atoms with Gasteiger partial charge in [0.15, 0.2) is 5.65 Å². The van der Waals surface area contributed by atoms with Gasteiger partial charge in [0.2, 0.25) is 0 Å². The largest absolute Gasteiger partial charge is 0.444 e. The Balaban J connectivity index is 1.19. The number of aryl methyl sites for hydroxylation is 2. The first-order chi connectivity index (χ1) is 17.1. The van der Waals surface area contributed by atoms with E-state index in [1.54, 1.807) is 11.3 Å². The quantitative estimate of drug-likeness (QED) is 0.354. The molecule has 1 saturated heterocycles. The summed E-state index contributed by atoms with van der Waals surface area (Å²) in [5.41, 5.74) is 4.92. The maximum Gasteiger partial charge on any atom is 0.410 e. The third kappa shape index (κ3) is 4.34. The third-order valence-electron chi connectivity index (χ3n) is 7.22. The molecule has 1 atom stereocenters. The van der Waals surface area contributed by atoms with E-state index >= 15 is 0 Å². The number of piperidine rings is 1. The van der Waals surface area contributed by atoms with Crippen molar-refractivity contribution in [1.82, 2.24) is 29.5 Å². The molecule has 2 fully saturated rings. The standard InChI is InChI=1S/C27H32N6O2S/c1-16-10-20(31-33-15-17(2)29-23(16)33)22-14-28-21-12-19(36-24(21)30-22)11-18-6-9-32(27(13-18)7-8-27)25(34)35-26(3,4)5/h10,12,14-15,18H,6-9,11,13H2,1-5H3. The zero-order valence-electron chi connectivity index (χ0n) is 21.5. The molecule has 0 N–H and O–H groups in total.